The third-order valence-corrected chi connectivity index (χ3v) is 4.39. The van der Waals surface area contributed by atoms with E-state index < -0.39 is 10.9 Å². The van der Waals surface area contributed by atoms with Gasteiger partial charge in [-0.05, 0) is 18.6 Å². The first-order valence-electron chi connectivity index (χ1n) is 11.7. The molecule has 0 unspecified atom stereocenters. The molecule has 0 saturated carbocycles. The van der Waals surface area contributed by atoms with Gasteiger partial charge in [0.15, 0.2) is 0 Å². The lowest BCUT2D eigenvalue weighted by molar-refractivity contribution is -0.384. The number of non-ortho nitro benzene ring substituents is 1. The number of benzene rings is 1. The van der Waals surface area contributed by atoms with Gasteiger partial charge in [0.25, 0.3) is 5.69 Å². The van der Waals surface area contributed by atoms with Crippen molar-refractivity contribution in [3.63, 3.8) is 0 Å². The number of carboxylic acids is 1. The zero-order chi connectivity index (χ0) is 26.3. The molecule has 36 heavy (non-hydrogen) atoms. The topological polar surface area (TPSA) is 165 Å². The van der Waals surface area contributed by atoms with Gasteiger partial charge in [0.05, 0.1) is 70.8 Å². The van der Waals surface area contributed by atoms with Crippen molar-refractivity contribution in [3.05, 3.63) is 34.4 Å². The number of amides is 1. The van der Waals surface area contributed by atoms with E-state index >= 15 is 0 Å². The van der Waals surface area contributed by atoms with Crippen LogP contribution in [0.15, 0.2) is 24.3 Å². The van der Waals surface area contributed by atoms with E-state index in [9.17, 15) is 19.7 Å². The molecule has 0 radical (unpaired) electrons. The van der Waals surface area contributed by atoms with Crippen molar-refractivity contribution in [1.82, 2.24) is 5.32 Å². The molecule has 0 bridgehead atoms. The molecule has 204 valence electrons. The first-order chi connectivity index (χ1) is 17.5. The van der Waals surface area contributed by atoms with Gasteiger partial charge in [0.2, 0.25) is 5.91 Å². The van der Waals surface area contributed by atoms with Gasteiger partial charge in [-0.1, -0.05) is 0 Å². The van der Waals surface area contributed by atoms with E-state index in [0.717, 1.165) is 0 Å². The predicted molar refractivity (Wildman–Crippen MR) is 127 cm³/mol. The number of nitrogens with zero attached hydrogens (tertiary/aromatic N) is 1. The van der Waals surface area contributed by atoms with E-state index in [1.807, 2.05) is 0 Å². The van der Waals surface area contributed by atoms with Gasteiger partial charge in [-0.2, -0.15) is 0 Å². The Morgan fingerprint density at radius 2 is 1.22 bits per heavy atom. The summed E-state index contributed by atoms with van der Waals surface area (Å²) in [5.41, 5.74) is 0.0169. The number of carbonyl (C=O) groups is 2. The van der Waals surface area contributed by atoms with Crippen LogP contribution >= 0.6 is 0 Å². The third kappa shape index (κ3) is 18.5. The number of ether oxygens (including phenoxy) is 6. The van der Waals surface area contributed by atoms with Crippen LogP contribution in [-0.2, 0) is 33.3 Å². The molecule has 0 aliphatic heterocycles. The Bertz CT molecular complexity index is 731. The highest BCUT2D eigenvalue weighted by Crippen LogP contribution is 2.17. The number of nitro benzene ring substituents is 1. The lowest BCUT2D eigenvalue weighted by Crippen LogP contribution is -2.25. The highest BCUT2D eigenvalue weighted by molar-refractivity contribution is 5.80. The average molecular weight is 517 g/mol. The van der Waals surface area contributed by atoms with Gasteiger partial charge in [-0.3, -0.25) is 19.7 Å². The summed E-state index contributed by atoms with van der Waals surface area (Å²) in [6, 6.07) is 5.86. The van der Waals surface area contributed by atoms with E-state index in [1.165, 1.54) is 12.1 Å². The zero-order valence-electron chi connectivity index (χ0n) is 20.4. The summed E-state index contributed by atoms with van der Waals surface area (Å²) >= 11 is 0. The van der Waals surface area contributed by atoms with Crippen LogP contribution in [0.1, 0.15) is 19.3 Å². The molecule has 0 saturated heterocycles. The minimum absolute atomic E-state index is 0.0162. The summed E-state index contributed by atoms with van der Waals surface area (Å²) in [5, 5.41) is 21.7. The Hall–Kier alpha value is -2.84. The fourth-order valence-electron chi connectivity index (χ4n) is 2.58. The van der Waals surface area contributed by atoms with Crippen LogP contribution in [-0.4, -0.2) is 101 Å². The largest absolute Gasteiger partial charge is 0.491 e. The van der Waals surface area contributed by atoms with E-state index in [1.54, 1.807) is 12.1 Å². The van der Waals surface area contributed by atoms with Gasteiger partial charge in [0, 0.05) is 31.7 Å². The number of hydrogen-bond acceptors (Lipinski definition) is 10. The second kappa shape index (κ2) is 21.4. The minimum Gasteiger partial charge on any atom is -0.491 e. The van der Waals surface area contributed by atoms with Crippen LogP contribution < -0.4 is 10.1 Å². The smallest absolute Gasteiger partial charge is 0.303 e. The Morgan fingerprint density at radius 3 is 1.69 bits per heavy atom. The summed E-state index contributed by atoms with van der Waals surface area (Å²) in [6.07, 6.45) is 0.457. The van der Waals surface area contributed by atoms with Crippen molar-refractivity contribution >= 4 is 17.6 Å². The Balaban J connectivity index is 1.74. The Kier molecular flexibility index (Phi) is 18.6. The molecule has 1 rings (SSSR count). The Morgan fingerprint density at radius 1 is 0.750 bits per heavy atom. The average Bonchev–Trinajstić information content (AvgIpc) is 2.86. The van der Waals surface area contributed by atoms with Crippen molar-refractivity contribution in [3.8, 4) is 5.75 Å². The maximum Gasteiger partial charge on any atom is 0.303 e. The number of rotatable bonds is 24. The van der Waals surface area contributed by atoms with Crippen LogP contribution in [0.25, 0.3) is 0 Å². The summed E-state index contributed by atoms with van der Waals surface area (Å²) in [4.78, 5) is 31.8. The van der Waals surface area contributed by atoms with E-state index in [2.05, 4.69) is 5.32 Å². The molecule has 0 heterocycles. The first-order valence-corrected chi connectivity index (χ1v) is 11.7. The fraction of sp³-hybridized carbons (Fsp3) is 0.652. The molecule has 0 fully saturated rings. The van der Waals surface area contributed by atoms with Crippen molar-refractivity contribution < 1.29 is 48.0 Å². The maximum absolute atomic E-state index is 11.3. The number of aliphatic carboxylic acids is 1. The molecule has 0 spiro atoms. The summed E-state index contributed by atoms with van der Waals surface area (Å²) in [7, 11) is 0. The lowest BCUT2D eigenvalue weighted by atomic mass is 10.3. The monoisotopic (exact) mass is 516 g/mol. The van der Waals surface area contributed by atoms with Gasteiger partial charge in [0.1, 0.15) is 12.4 Å². The van der Waals surface area contributed by atoms with Crippen LogP contribution in [0, 0.1) is 10.1 Å². The summed E-state index contributed by atoms with van der Waals surface area (Å²) in [6.45, 7) is 5.15. The van der Waals surface area contributed by atoms with Crippen LogP contribution in [0.3, 0.4) is 0 Å². The number of nitro groups is 1. The van der Waals surface area contributed by atoms with Gasteiger partial charge in [-0.25, -0.2) is 0 Å². The van der Waals surface area contributed by atoms with Crippen LogP contribution in [0.5, 0.6) is 5.75 Å². The molecule has 1 aromatic rings. The first kappa shape index (κ1) is 31.2. The molecule has 0 aliphatic rings. The summed E-state index contributed by atoms with van der Waals surface area (Å²) in [5.74, 6) is -0.718. The van der Waals surface area contributed by atoms with Crippen LogP contribution in [0.2, 0.25) is 0 Å². The van der Waals surface area contributed by atoms with E-state index in [0.29, 0.717) is 91.4 Å². The Labute approximate surface area is 210 Å². The van der Waals surface area contributed by atoms with Crippen LogP contribution in [0.4, 0.5) is 5.69 Å². The predicted octanol–water partition coefficient (Wildman–Crippen LogP) is 1.43. The van der Waals surface area contributed by atoms with E-state index in [4.69, 9.17) is 33.5 Å². The highest BCUT2D eigenvalue weighted by atomic mass is 16.6. The highest BCUT2D eigenvalue weighted by Gasteiger charge is 2.05. The number of hydrogen-bond donors (Lipinski definition) is 2. The SMILES string of the molecule is O=C(O)CCC(=O)NCCCOCCOCCOCCOCCOCCOc1ccc([N+](=O)[O-])cc1. The maximum atomic E-state index is 11.3. The molecular weight excluding hydrogens is 480 g/mol. The summed E-state index contributed by atoms with van der Waals surface area (Å²) < 4.78 is 32.4. The second-order valence-electron chi connectivity index (χ2n) is 7.26. The van der Waals surface area contributed by atoms with Gasteiger partial charge >= 0.3 is 5.97 Å². The van der Waals surface area contributed by atoms with Gasteiger partial charge < -0.3 is 38.8 Å². The number of carbonyl (C=O) groups excluding carboxylic acids is 1. The molecule has 0 aliphatic carbocycles. The molecule has 13 heteroatoms. The quantitative estimate of drug-likeness (QED) is 0.116. The normalized spacial score (nSPS) is 10.8. The number of carboxylic acid groups (broad SMARTS) is 1. The molecule has 0 aromatic heterocycles. The van der Waals surface area contributed by atoms with Crippen molar-refractivity contribution in [2.24, 2.45) is 0 Å². The zero-order valence-corrected chi connectivity index (χ0v) is 20.4. The van der Waals surface area contributed by atoms with E-state index in [-0.39, 0.29) is 24.4 Å². The molecular formula is C23H36N2O11. The standard InChI is InChI=1S/C23H36N2O11/c26-22(6-7-23(27)28)24-8-1-9-31-10-11-32-12-13-33-14-15-34-16-17-35-18-19-36-21-4-2-20(3-5-21)25(29)30/h2-5H,1,6-19H2,(H,24,26)(H,27,28). The number of nitrogens with one attached hydrogen (secondary N) is 1. The molecule has 1 amide bonds. The molecule has 0 atom stereocenters. The van der Waals surface area contributed by atoms with Crippen molar-refractivity contribution in [2.45, 2.75) is 19.3 Å². The third-order valence-electron chi connectivity index (χ3n) is 4.39. The minimum atomic E-state index is -0.989. The fourth-order valence-corrected chi connectivity index (χ4v) is 2.58. The second-order valence-corrected chi connectivity index (χ2v) is 7.26. The molecule has 2 N–H and O–H groups in total. The van der Waals surface area contributed by atoms with Gasteiger partial charge in [-0.15, -0.1) is 0 Å². The molecule has 1 aromatic carbocycles. The lowest BCUT2D eigenvalue weighted by Gasteiger charge is -2.09. The molecule has 13 nitrogen and oxygen atoms in total. The van der Waals surface area contributed by atoms with Crippen molar-refractivity contribution in [2.75, 3.05) is 79.2 Å². The van der Waals surface area contributed by atoms with Crippen molar-refractivity contribution in [1.29, 1.82) is 0 Å².